The highest BCUT2D eigenvalue weighted by Crippen LogP contribution is 2.22. The van der Waals surface area contributed by atoms with Crippen LogP contribution in [-0.2, 0) is 6.54 Å². The molecule has 17 heavy (non-hydrogen) atoms. The molecule has 1 heterocycles. The van der Waals surface area contributed by atoms with Crippen LogP contribution in [0.1, 0.15) is 11.9 Å². The van der Waals surface area contributed by atoms with E-state index in [0.29, 0.717) is 11.5 Å². The average Bonchev–Trinajstić information content (AvgIpc) is 2.69. The Kier molecular flexibility index (Phi) is 4.04. The van der Waals surface area contributed by atoms with Crippen molar-refractivity contribution in [1.82, 2.24) is 9.88 Å². The van der Waals surface area contributed by atoms with Crippen LogP contribution >= 0.6 is 23.6 Å². The fourth-order valence-corrected chi connectivity index (χ4v) is 2.87. The fourth-order valence-electron chi connectivity index (χ4n) is 1.68. The molecule has 0 saturated heterocycles. The number of nitrogens with two attached hydrogens (primary N) is 1. The highest BCUT2D eigenvalue weighted by Gasteiger charge is 2.09. The van der Waals surface area contributed by atoms with Crippen LogP contribution in [0.15, 0.2) is 24.3 Å². The van der Waals surface area contributed by atoms with Gasteiger partial charge >= 0.3 is 0 Å². The van der Waals surface area contributed by atoms with E-state index in [9.17, 15) is 0 Å². The van der Waals surface area contributed by atoms with E-state index in [1.807, 2.05) is 18.2 Å². The second kappa shape index (κ2) is 5.53. The summed E-state index contributed by atoms with van der Waals surface area (Å²) in [5.74, 6) is 0. The number of benzene rings is 1. The summed E-state index contributed by atoms with van der Waals surface area (Å²) in [6, 6.07) is 8.19. The molecule has 0 saturated carbocycles. The third-order valence-electron chi connectivity index (χ3n) is 2.52. The summed E-state index contributed by atoms with van der Waals surface area (Å²) in [5, 5.41) is 1.12. The molecule has 1 aromatic carbocycles. The second-order valence-corrected chi connectivity index (χ2v) is 5.48. The first-order chi connectivity index (χ1) is 8.19. The molecule has 5 heteroatoms. The molecule has 1 aromatic heterocycles. The Balaban J connectivity index is 2.14. The van der Waals surface area contributed by atoms with Gasteiger partial charge in [-0.25, -0.2) is 4.98 Å². The molecule has 0 spiro atoms. The Morgan fingerprint density at radius 3 is 2.88 bits per heavy atom. The van der Waals surface area contributed by atoms with Crippen LogP contribution in [0.3, 0.4) is 0 Å². The lowest BCUT2D eigenvalue weighted by Gasteiger charge is -2.17. The van der Waals surface area contributed by atoms with Gasteiger partial charge in [-0.05, 0) is 18.7 Å². The number of hydrogen-bond donors (Lipinski definition) is 1. The molecular formula is C12H15N3S2. The van der Waals surface area contributed by atoms with Gasteiger partial charge < -0.3 is 5.73 Å². The number of rotatable bonds is 5. The molecule has 3 nitrogen and oxygen atoms in total. The summed E-state index contributed by atoms with van der Waals surface area (Å²) in [5.41, 5.74) is 6.64. The molecule has 0 aliphatic heterocycles. The number of para-hydroxylation sites is 1. The van der Waals surface area contributed by atoms with E-state index in [1.54, 1.807) is 11.3 Å². The van der Waals surface area contributed by atoms with Gasteiger partial charge in [0.2, 0.25) is 0 Å². The first kappa shape index (κ1) is 12.4. The van der Waals surface area contributed by atoms with Crippen LogP contribution in [0.5, 0.6) is 0 Å². The van der Waals surface area contributed by atoms with E-state index in [0.717, 1.165) is 23.6 Å². The Morgan fingerprint density at radius 1 is 1.47 bits per heavy atom. The molecular weight excluding hydrogens is 250 g/mol. The standard InChI is InChI=1S/C12H15N3S2/c1-2-15(7-11(13)16)8-12-14-9-5-3-4-6-10(9)17-12/h3-6H,2,7-8H2,1H3,(H2,13,16). The van der Waals surface area contributed by atoms with E-state index < -0.39 is 0 Å². The van der Waals surface area contributed by atoms with Crippen LogP contribution in [0.25, 0.3) is 10.2 Å². The van der Waals surface area contributed by atoms with Gasteiger partial charge in [-0.1, -0.05) is 31.3 Å². The summed E-state index contributed by atoms with van der Waals surface area (Å²) in [6.07, 6.45) is 0. The van der Waals surface area contributed by atoms with E-state index in [-0.39, 0.29) is 0 Å². The Hall–Kier alpha value is -1.04. The van der Waals surface area contributed by atoms with Crippen molar-refractivity contribution in [3.05, 3.63) is 29.3 Å². The molecule has 0 radical (unpaired) electrons. The molecule has 0 atom stereocenters. The maximum absolute atomic E-state index is 5.57. The number of likely N-dealkylation sites (N-methyl/N-ethyl adjacent to an activating group) is 1. The fraction of sp³-hybridized carbons (Fsp3) is 0.333. The average molecular weight is 265 g/mol. The van der Waals surface area contributed by atoms with Crippen LogP contribution < -0.4 is 5.73 Å². The van der Waals surface area contributed by atoms with E-state index in [4.69, 9.17) is 18.0 Å². The van der Waals surface area contributed by atoms with Crippen molar-refractivity contribution < 1.29 is 0 Å². The Bertz CT molecular complexity index is 488. The summed E-state index contributed by atoms with van der Waals surface area (Å²) in [7, 11) is 0. The number of nitrogens with zero attached hydrogens (tertiary/aromatic N) is 2. The van der Waals surface area contributed by atoms with Gasteiger partial charge in [0.25, 0.3) is 0 Å². The van der Waals surface area contributed by atoms with Crippen LogP contribution in [-0.4, -0.2) is 28.0 Å². The van der Waals surface area contributed by atoms with Gasteiger partial charge in [-0.2, -0.15) is 0 Å². The Labute approximate surface area is 110 Å². The topological polar surface area (TPSA) is 42.1 Å². The van der Waals surface area contributed by atoms with Crippen molar-refractivity contribution in [1.29, 1.82) is 0 Å². The monoisotopic (exact) mass is 265 g/mol. The van der Waals surface area contributed by atoms with E-state index >= 15 is 0 Å². The second-order valence-electron chi connectivity index (χ2n) is 3.84. The number of thiazole rings is 1. The van der Waals surface area contributed by atoms with Crippen LogP contribution in [0, 0.1) is 0 Å². The zero-order valence-electron chi connectivity index (χ0n) is 9.72. The summed E-state index contributed by atoms with van der Waals surface area (Å²) in [6.45, 7) is 4.49. The lowest BCUT2D eigenvalue weighted by molar-refractivity contribution is 0.321. The van der Waals surface area contributed by atoms with Gasteiger partial charge in [-0.3, -0.25) is 4.90 Å². The van der Waals surface area contributed by atoms with Gasteiger partial charge in [-0.15, -0.1) is 11.3 Å². The molecule has 0 aliphatic carbocycles. The lowest BCUT2D eigenvalue weighted by atomic mass is 10.3. The molecule has 0 bridgehead atoms. The van der Waals surface area contributed by atoms with Crippen molar-refractivity contribution >= 4 is 38.8 Å². The van der Waals surface area contributed by atoms with Crippen LogP contribution in [0.4, 0.5) is 0 Å². The van der Waals surface area contributed by atoms with Crippen molar-refractivity contribution in [2.45, 2.75) is 13.5 Å². The molecule has 2 aromatic rings. The normalized spacial score (nSPS) is 11.2. The van der Waals surface area contributed by atoms with Gasteiger partial charge in [0.1, 0.15) is 5.01 Å². The number of fused-ring (bicyclic) bond motifs is 1. The van der Waals surface area contributed by atoms with Crippen LogP contribution in [0.2, 0.25) is 0 Å². The first-order valence-electron chi connectivity index (χ1n) is 5.54. The minimum Gasteiger partial charge on any atom is -0.392 e. The Morgan fingerprint density at radius 2 is 2.24 bits per heavy atom. The zero-order chi connectivity index (χ0) is 12.3. The van der Waals surface area contributed by atoms with Crippen molar-refractivity contribution in [2.75, 3.05) is 13.1 Å². The van der Waals surface area contributed by atoms with Gasteiger partial charge in [0.05, 0.1) is 21.7 Å². The number of hydrogen-bond acceptors (Lipinski definition) is 4. The first-order valence-corrected chi connectivity index (χ1v) is 6.76. The van der Waals surface area contributed by atoms with Crippen molar-refractivity contribution in [2.24, 2.45) is 5.73 Å². The third kappa shape index (κ3) is 3.21. The van der Waals surface area contributed by atoms with Gasteiger partial charge in [0.15, 0.2) is 0 Å². The minimum atomic E-state index is 0.535. The van der Waals surface area contributed by atoms with Gasteiger partial charge in [0, 0.05) is 6.54 Å². The maximum atomic E-state index is 5.57. The predicted octanol–water partition coefficient (Wildman–Crippen LogP) is 2.40. The van der Waals surface area contributed by atoms with Crippen molar-refractivity contribution in [3.8, 4) is 0 Å². The molecule has 2 rings (SSSR count). The van der Waals surface area contributed by atoms with E-state index in [1.165, 1.54) is 4.70 Å². The third-order valence-corrected chi connectivity index (χ3v) is 3.67. The quantitative estimate of drug-likeness (QED) is 0.843. The predicted molar refractivity (Wildman–Crippen MR) is 77.4 cm³/mol. The van der Waals surface area contributed by atoms with Crippen molar-refractivity contribution in [3.63, 3.8) is 0 Å². The lowest BCUT2D eigenvalue weighted by Crippen LogP contribution is -2.32. The SMILES string of the molecule is CCN(CC(N)=S)Cc1nc2ccccc2s1. The smallest absolute Gasteiger partial charge is 0.108 e. The van der Waals surface area contributed by atoms with E-state index in [2.05, 4.69) is 22.9 Å². The molecule has 0 unspecified atom stereocenters. The molecule has 2 N–H and O–H groups in total. The summed E-state index contributed by atoms with van der Waals surface area (Å²) < 4.78 is 1.23. The summed E-state index contributed by atoms with van der Waals surface area (Å²) in [4.78, 5) is 7.33. The minimum absolute atomic E-state index is 0.535. The molecule has 0 fully saturated rings. The number of thiocarbonyl (C=S) groups is 1. The maximum Gasteiger partial charge on any atom is 0.108 e. The number of aromatic nitrogens is 1. The highest BCUT2D eigenvalue weighted by atomic mass is 32.1. The molecule has 0 aliphatic rings. The summed E-state index contributed by atoms with van der Waals surface area (Å²) >= 11 is 6.67. The molecule has 0 amide bonds. The highest BCUT2D eigenvalue weighted by molar-refractivity contribution is 7.80. The largest absolute Gasteiger partial charge is 0.392 e. The zero-order valence-corrected chi connectivity index (χ0v) is 11.4. The molecule has 90 valence electrons.